The first-order valence-corrected chi connectivity index (χ1v) is 19.8. The largest absolute Gasteiger partial charge is 0.481 e. The number of hydrogen-bond acceptors (Lipinski definition) is 11. The van der Waals surface area contributed by atoms with Crippen LogP contribution in [0.4, 0.5) is 21.1 Å². The van der Waals surface area contributed by atoms with Gasteiger partial charge in [0.1, 0.15) is 30.9 Å². The standard InChI is InChI=1S/C21H24N4O2.C14H17NO4.C7H11N3.C2H4O2.CH4/c1-14-12-15(2)22-20-18(14)23-19(24-20)17-10-6-7-11-25(17)21(26)27-13-16-8-4-3-5-9-16;16-13(17)12-8-4-5-9-15(12)14(18)19-10-11-6-2-1-3-7-11;1-4-3-5(2)10-7(9)6(4)8;1-2(3)4;/h3-5,8-9,12,17H,6-7,10-11,13H2,1-2H3,(H,22,23,24);1-3,6-7,12H,4-5,8-10H2,(H,16,17);3H,8H2,1-2H3,(H2,9,10);1H3,(H,3,4);1H4/t17-;12-;;;/m00.../s1. The number of piperidine rings is 2. The first-order valence-electron chi connectivity index (χ1n) is 19.8. The highest BCUT2D eigenvalue weighted by molar-refractivity contribution is 5.80. The molecule has 7 N–H and O–H groups in total. The van der Waals surface area contributed by atoms with Gasteiger partial charge in [-0.05, 0) is 101 Å². The van der Waals surface area contributed by atoms with Gasteiger partial charge in [0.2, 0.25) is 0 Å². The average molecular weight is 841 g/mol. The minimum atomic E-state index is -0.962. The highest BCUT2D eigenvalue weighted by Crippen LogP contribution is 2.31. The van der Waals surface area contributed by atoms with Crippen molar-refractivity contribution in [3.05, 3.63) is 112 Å². The number of aliphatic carboxylic acids is 2. The number of rotatable bonds is 6. The molecule has 2 atom stereocenters. The number of ether oxygens (including phenoxy) is 2. The summed E-state index contributed by atoms with van der Waals surface area (Å²) in [6.45, 7) is 10.5. The SMILES string of the molecule is C.CC(=O)O.Cc1cc(C)c(N)c(N)n1.Cc1cc(C)c2[nH]c([C@@H]3CCCCN3C(=O)OCc3ccccc3)nc2n1.O=C(O)[C@@H]1CCCCN1C(=O)OCc1ccccc1. The molecule has 0 spiro atoms. The Morgan fingerprint density at radius 2 is 1.21 bits per heavy atom. The van der Waals surface area contributed by atoms with Gasteiger partial charge in [-0.3, -0.25) is 14.6 Å². The number of imidazole rings is 1. The van der Waals surface area contributed by atoms with Gasteiger partial charge in [0.05, 0.1) is 17.2 Å². The molecule has 0 unspecified atom stereocenters. The van der Waals surface area contributed by atoms with E-state index < -0.39 is 24.1 Å². The van der Waals surface area contributed by atoms with Crippen LogP contribution in [0.15, 0.2) is 72.8 Å². The van der Waals surface area contributed by atoms with Crippen molar-refractivity contribution in [3.63, 3.8) is 0 Å². The van der Waals surface area contributed by atoms with Crippen molar-refractivity contribution in [1.29, 1.82) is 0 Å². The zero-order valence-electron chi connectivity index (χ0n) is 34.9. The van der Waals surface area contributed by atoms with Gasteiger partial charge in [-0.15, -0.1) is 0 Å². The van der Waals surface area contributed by atoms with E-state index in [4.69, 9.17) is 40.9 Å². The Kier molecular flexibility index (Phi) is 19.0. The second-order valence-corrected chi connectivity index (χ2v) is 14.6. The summed E-state index contributed by atoms with van der Waals surface area (Å²) in [4.78, 5) is 64.5. The van der Waals surface area contributed by atoms with Gasteiger partial charge in [0.25, 0.3) is 5.97 Å². The minimum Gasteiger partial charge on any atom is -0.481 e. The van der Waals surface area contributed by atoms with Gasteiger partial charge in [0, 0.05) is 31.4 Å². The van der Waals surface area contributed by atoms with Gasteiger partial charge in [-0.1, -0.05) is 68.1 Å². The van der Waals surface area contributed by atoms with E-state index in [1.54, 1.807) is 4.90 Å². The number of carboxylic acid groups (broad SMARTS) is 2. The summed E-state index contributed by atoms with van der Waals surface area (Å²) in [5.74, 6) is -0.573. The molecule has 0 aliphatic carbocycles. The third kappa shape index (κ3) is 14.8. The Morgan fingerprint density at radius 1 is 0.721 bits per heavy atom. The molecule has 2 aliphatic heterocycles. The number of amides is 2. The van der Waals surface area contributed by atoms with E-state index >= 15 is 0 Å². The maximum Gasteiger partial charge on any atom is 0.410 e. The fraction of sp³-hybridized carbons (Fsp3) is 0.400. The number of carboxylic acids is 2. The number of H-pyrrole nitrogens is 1. The van der Waals surface area contributed by atoms with E-state index in [0.717, 1.165) is 84.0 Å². The number of anilines is 2. The molecule has 0 radical (unpaired) electrons. The van der Waals surface area contributed by atoms with Gasteiger partial charge in [-0.2, -0.15) is 0 Å². The van der Waals surface area contributed by atoms with Gasteiger partial charge < -0.3 is 36.1 Å². The number of likely N-dealkylation sites (tertiary alicyclic amines) is 2. The smallest absolute Gasteiger partial charge is 0.410 e. The molecule has 7 rings (SSSR count). The topological polar surface area (TPSA) is 240 Å². The Morgan fingerprint density at radius 3 is 1.75 bits per heavy atom. The number of pyridine rings is 2. The number of carbonyl (C=O) groups is 4. The molecule has 16 heteroatoms. The summed E-state index contributed by atoms with van der Waals surface area (Å²) in [5, 5.41) is 16.5. The minimum absolute atomic E-state index is 0. The lowest BCUT2D eigenvalue weighted by atomic mass is 10.0. The Balaban J connectivity index is 0.000000253. The number of aromatic nitrogens is 4. The molecule has 5 heterocycles. The fourth-order valence-electron chi connectivity index (χ4n) is 6.80. The highest BCUT2D eigenvalue weighted by Gasteiger charge is 2.33. The maximum absolute atomic E-state index is 12.7. The van der Waals surface area contributed by atoms with Gasteiger partial charge in [-0.25, -0.2) is 29.3 Å². The van der Waals surface area contributed by atoms with Crippen molar-refractivity contribution < 1.29 is 38.9 Å². The second kappa shape index (κ2) is 23.8. The predicted octanol–water partition coefficient (Wildman–Crippen LogP) is 8.29. The van der Waals surface area contributed by atoms with Crippen LogP contribution >= 0.6 is 0 Å². The van der Waals surface area contributed by atoms with E-state index in [1.807, 2.05) is 100 Å². The van der Waals surface area contributed by atoms with Crippen LogP contribution in [0.5, 0.6) is 0 Å². The fourth-order valence-corrected chi connectivity index (χ4v) is 6.80. The van der Waals surface area contributed by atoms with Crippen LogP contribution in [0, 0.1) is 27.7 Å². The molecule has 0 saturated carbocycles. The number of aromatic amines is 1. The third-order valence-electron chi connectivity index (χ3n) is 9.71. The Bertz CT molecular complexity index is 2170. The number of benzene rings is 2. The zero-order chi connectivity index (χ0) is 43.8. The molecule has 2 amide bonds. The molecule has 61 heavy (non-hydrogen) atoms. The quantitative estimate of drug-likeness (QED) is 0.108. The number of nitrogens with one attached hydrogen (secondary N) is 1. The lowest BCUT2D eigenvalue weighted by molar-refractivity contribution is -0.144. The Labute approximate surface area is 357 Å². The van der Waals surface area contributed by atoms with Crippen LogP contribution in [-0.2, 0) is 32.3 Å². The average Bonchev–Trinajstić information content (AvgIpc) is 3.66. The number of fused-ring (bicyclic) bond motifs is 1. The van der Waals surface area contributed by atoms with Crippen LogP contribution in [0.3, 0.4) is 0 Å². The molecule has 2 aromatic carbocycles. The van der Waals surface area contributed by atoms with Gasteiger partial charge >= 0.3 is 18.2 Å². The lowest BCUT2D eigenvalue weighted by Crippen LogP contribution is -2.48. The number of aryl methyl sites for hydroxylation is 4. The molecule has 5 aromatic rings. The van der Waals surface area contributed by atoms with Crippen molar-refractivity contribution >= 4 is 46.8 Å². The number of nitrogens with two attached hydrogens (primary N) is 2. The first-order chi connectivity index (χ1) is 28.6. The summed E-state index contributed by atoms with van der Waals surface area (Å²) in [5.41, 5.74) is 19.1. The molecule has 2 fully saturated rings. The van der Waals surface area contributed by atoms with Crippen LogP contribution in [-0.4, -0.2) is 83.2 Å². The predicted molar refractivity (Wildman–Crippen MR) is 234 cm³/mol. The van der Waals surface area contributed by atoms with Crippen LogP contribution in [0.25, 0.3) is 11.2 Å². The van der Waals surface area contributed by atoms with Gasteiger partial charge in [0.15, 0.2) is 5.65 Å². The van der Waals surface area contributed by atoms with E-state index in [-0.39, 0.29) is 32.8 Å². The first kappa shape index (κ1) is 48.7. The normalized spacial score (nSPS) is 15.6. The third-order valence-corrected chi connectivity index (χ3v) is 9.71. The summed E-state index contributed by atoms with van der Waals surface area (Å²) in [6.07, 6.45) is 4.24. The number of nitrogens with zero attached hydrogens (tertiary/aromatic N) is 5. The molecule has 2 saturated heterocycles. The molecule has 0 bridgehead atoms. The van der Waals surface area contributed by atoms with Crippen molar-refractivity contribution in [2.75, 3.05) is 24.6 Å². The van der Waals surface area contributed by atoms with Crippen molar-refractivity contribution in [3.8, 4) is 0 Å². The van der Waals surface area contributed by atoms with E-state index in [9.17, 15) is 14.4 Å². The zero-order valence-corrected chi connectivity index (χ0v) is 34.9. The van der Waals surface area contributed by atoms with E-state index in [2.05, 4.69) is 15.0 Å². The van der Waals surface area contributed by atoms with Crippen LogP contribution in [0.2, 0.25) is 0 Å². The molecular weight excluding hydrogens is 781 g/mol. The summed E-state index contributed by atoms with van der Waals surface area (Å²) in [7, 11) is 0. The van der Waals surface area contributed by atoms with E-state index in [1.165, 1.54) is 4.90 Å². The number of hydrogen-bond donors (Lipinski definition) is 5. The number of carbonyl (C=O) groups excluding carboxylic acids is 2. The van der Waals surface area contributed by atoms with E-state index in [0.29, 0.717) is 36.7 Å². The second-order valence-electron chi connectivity index (χ2n) is 14.6. The summed E-state index contributed by atoms with van der Waals surface area (Å²) >= 11 is 0. The molecule has 16 nitrogen and oxygen atoms in total. The maximum atomic E-state index is 12.7. The van der Waals surface area contributed by atoms with Crippen molar-refractivity contribution in [1.82, 2.24) is 29.7 Å². The monoisotopic (exact) mass is 840 g/mol. The summed E-state index contributed by atoms with van der Waals surface area (Å²) < 4.78 is 10.7. The lowest BCUT2D eigenvalue weighted by Gasteiger charge is -2.33. The molecule has 3 aromatic heterocycles. The van der Waals surface area contributed by atoms with Crippen LogP contribution in [0.1, 0.15) is 98.4 Å². The number of nitrogen functional groups attached to an aromatic ring is 2. The van der Waals surface area contributed by atoms with Crippen molar-refractivity contribution in [2.45, 2.75) is 106 Å². The van der Waals surface area contributed by atoms with Crippen molar-refractivity contribution in [2.24, 2.45) is 0 Å². The molecule has 2 aliphatic rings. The highest BCUT2D eigenvalue weighted by atomic mass is 16.6. The molecule has 328 valence electrons. The summed E-state index contributed by atoms with van der Waals surface area (Å²) in [6, 6.07) is 22.2. The molecular formula is C45H60N8O8. The Hall–Kier alpha value is -6.71. The van der Waals surface area contributed by atoms with Crippen LogP contribution < -0.4 is 11.5 Å².